The Labute approximate surface area is 202 Å². The summed E-state index contributed by atoms with van der Waals surface area (Å²) < 4.78 is 5.94. The van der Waals surface area contributed by atoms with Gasteiger partial charge < -0.3 is 4.42 Å². The van der Waals surface area contributed by atoms with Crippen LogP contribution in [0.1, 0.15) is 5.76 Å². The first-order valence-corrected chi connectivity index (χ1v) is 11.9. The van der Waals surface area contributed by atoms with E-state index in [1.807, 2.05) is 35.7 Å². The number of thioether (sulfide) groups is 1. The van der Waals surface area contributed by atoms with Crippen LogP contribution in [-0.2, 0) is 4.79 Å². The van der Waals surface area contributed by atoms with E-state index in [2.05, 4.69) is 9.98 Å². The molecule has 158 valence electrons. The molecular weight excluding hydrogens is 485 g/mol. The Hall–Kier alpha value is -2.84. The molecule has 1 fully saturated rings. The fourth-order valence-electron chi connectivity index (χ4n) is 3.13. The van der Waals surface area contributed by atoms with Gasteiger partial charge >= 0.3 is 0 Å². The van der Waals surface area contributed by atoms with Crippen LogP contribution in [0.4, 0.5) is 10.8 Å². The predicted octanol–water partition coefficient (Wildman–Crippen LogP) is 7.52. The van der Waals surface area contributed by atoms with Crippen molar-refractivity contribution >= 4 is 74.3 Å². The van der Waals surface area contributed by atoms with E-state index in [1.54, 1.807) is 47.5 Å². The third kappa shape index (κ3) is 4.12. The topological polar surface area (TPSA) is 58.7 Å². The van der Waals surface area contributed by atoms with Crippen molar-refractivity contribution in [3.63, 3.8) is 0 Å². The molecule has 4 aromatic rings. The summed E-state index contributed by atoms with van der Waals surface area (Å²) in [4.78, 5) is 24.1. The van der Waals surface area contributed by atoms with Crippen molar-refractivity contribution in [1.29, 1.82) is 0 Å². The highest BCUT2D eigenvalue weighted by Crippen LogP contribution is 2.39. The molecule has 9 heteroatoms. The number of thiazole rings is 1. The van der Waals surface area contributed by atoms with Gasteiger partial charge in [0.05, 0.1) is 26.2 Å². The zero-order valence-electron chi connectivity index (χ0n) is 16.2. The summed E-state index contributed by atoms with van der Waals surface area (Å²) in [7, 11) is 0. The highest BCUT2D eigenvalue weighted by molar-refractivity contribution is 8.19. The monoisotopic (exact) mass is 497 g/mol. The third-order valence-corrected chi connectivity index (χ3v) is 6.80. The fourth-order valence-corrected chi connectivity index (χ4v) is 5.24. The van der Waals surface area contributed by atoms with Crippen molar-refractivity contribution in [2.75, 3.05) is 4.90 Å². The van der Waals surface area contributed by atoms with E-state index in [0.29, 0.717) is 42.3 Å². The third-order valence-electron chi connectivity index (χ3n) is 4.54. The van der Waals surface area contributed by atoms with E-state index in [9.17, 15) is 4.79 Å². The van der Waals surface area contributed by atoms with Gasteiger partial charge in [0.25, 0.3) is 5.91 Å². The second kappa shape index (κ2) is 8.96. The zero-order valence-corrected chi connectivity index (χ0v) is 19.4. The summed E-state index contributed by atoms with van der Waals surface area (Å²) in [5.74, 6) is 0.847. The Kier molecular flexibility index (Phi) is 5.89. The Morgan fingerprint density at radius 2 is 1.78 bits per heavy atom. The molecule has 0 saturated carbocycles. The number of hydrogen-bond donors (Lipinski definition) is 0. The second-order valence-corrected chi connectivity index (χ2v) is 9.29. The molecule has 2 aromatic heterocycles. The highest BCUT2D eigenvalue weighted by atomic mass is 35.5. The molecule has 1 saturated heterocycles. The Morgan fingerprint density at radius 3 is 2.50 bits per heavy atom. The summed E-state index contributed by atoms with van der Waals surface area (Å²) >= 11 is 15.3. The lowest BCUT2D eigenvalue weighted by Gasteiger charge is -2.14. The molecule has 1 aliphatic rings. The molecule has 0 spiro atoms. The van der Waals surface area contributed by atoms with Crippen molar-refractivity contribution in [1.82, 2.24) is 4.98 Å². The molecule has 0 radical (unpaired) electrons. The van der Waals surface area contributed by atoms with E-state index < -0.39 is 0 Å². The molecule has 0 atom stereocenters. The number of amidine groups is 1. The first-order chi connectivity index (χ1) is 15.6. The second-order valence-electron chi connectivity index (χ2n) is 6.59. The number of halogens is 2. The lowest BCUT2D eigenvalue weighted by atomic mass is 10.2. The van der Waals surface area contributed by atoms with E-state index in [0.717, 1.165) is 5.69 Å². The maximum atomic E-state index is 13.3. The summed E-state index contributed by atoms with van der Waals surface area (Å²) in [6.45, 7) is 0. The van der Waals surface area contributed by atoms with Crippen molar-refractivity contribution in [3.8, 4) is 11.3 Å². The number of benzene rings is 2. The fraction of sp³-hybridized carbons (Fsp3) is 0. The largest absolute Gasteiger partial charge is 0.457 e. The molecule has 0 N–H and O–H groups in total. The first-order valence-electron chi connectivity index (χ1n) is 9.41. The van der Waals surface area contributed by atoms with E-state index in [4.69, 9.17) is 27.6 Å². The van der Waals surface area contributed by atoms with Crippen LogP contribution in [0.5, 0.6) is 0 Å². The maximum Gasteiger partial charge on any atom is 0.271 e. The van der Waals surface area contributed by atoms with E-state index in [1.165, 1.54) is 23.1 Å². The van der Waals surface area contributed by atoms with Gasteiger partial charge in [-0.15, -0.1) is 11.3 Å². The Balaban J connectivity index is 1.52. The van der Waals surface area contributed by atoms with Crippen LogP contribution in [0.15, 0.2) is 86.6 Å². The maximum absolute atomic E-state index is 13.3. The van der Waals surface area contributed by atoms with Gasteiger partial charge in [0.2, 0.25) is 5.13 Å². The van der Waals surface area contributed by atoms with Gasteiger partial charge in [-0.05, 0) is 48.2 Å². The number of anilines is 1. The number of nitrogens with zero attached hydrogens (tertiary/aromatic N) is 3. The Bertz CT molecular complexity index is 1330. The molecule has 2 aromatic carbocycles. The van der Waals surface area contributed by atoms with Crippen LogP contribution in [0.25, 0.3) is 17.4 Å². The van der Waals surface area contributed by atoms with Gasteiger partial charge in [-0.3, -0.25) is 9.69 Å². The molecular formula is C23H13Cl2N3O2S2. The van der Waals surface area contributed by atoms with Crippen LogP contribution < -0.4 is 4.90 Å². The standard InChI is InChI=1S/C23H13Cl2N3O2S2/c24-16-7-4-8-17(25)20(16)18-10-9-15(30-18)13-19-21(29)28(14-5-2-1-3-6-14)23(32-19)27-22-26-11-12-31-22/h1-13H/b19-13+,27-23+. The molecule has 5 nitrogen and oxygen atoms in total. The van der Waals surface area contributed by atoms with E-state index in [-0.39, 0.29) is 5.91 Å². The lowest BCUT2D eigenvalue weighted by Crippen LogP contribution is -2.28. The summed E-state index contributed by atoms with van der Waals surface area (Å²) in [6.07, 6.45) is 3.38. The number of aromatic nitrogens is 1. The average Bonchev–Trinajstić information content (AvgIpc) is 3.52. The van der Waals surface area contributed by atoms with Crippen LogP contribution >= 0.6 is 46.3 Å². The number of amides is 1. The van der Waals surface area contributed by atoms with Gasteiger partial charge in [-0.25, -0.2) is 4.98 Å². The van der Waals surface area contributed by atoms with Crippen LogP contribution in [0.3, 0.4) is 0 Å². The van der Waals surface area contributed by atoms with Crippen molar-refractivity contribution < 1.29 is 9.21 Å². The number of carbonyl (C=O) groups excluding carboxylic acids is 1. The quantitative estimate of drug-likeness (QED) is 0.273. The first kappa shape index (κ1) is 21.0. The normalized spacial score (nSPS) is 16.4. The Morgan fingerprint density at radius 1 is 1.00 bits per heavy atom. The molecule has 1 aliphatic heterocycles. The van der Waals surface area contributed by atoms with Gasteiger partial charge in [0, 0.05) is 17.7 Å². The van der Waals surface area contributed by atoms with Gasteiger partial charge in [-0.1, -0.05) is 47.5 Å². The minimum atomic E-state index is -0.190. The van der Waals surface area contributed by atoms with Crippen molar-refractivity contribution in [2.24, 2.45) is 4.99 Å². The lowest BCUT2D eigenvalue weighted by molar-refractivity contribution is -0.113. The minimum absolute atomic E-state index is 0.190. The number of rotatable bonds is 4. The minimum Gasteiger partial charge on any atom is -0.457 e. The predicted molar refractivity (Wildman–Crippen MR) is 133 cm³/mol. The summed E-state index contributed by atoms with van der Waals surface area (Å²) in [5.41, 5.74) is 1.34. The molecule has 0 unspecified atom stereocenters. The number of para-hydroxylation sites is 1. The summed E-state index contributed by atoms with van der Waals surface area (Å²) in [5, 5.41) is 3.93. The molecule has 0 bridgehead atoms. The van der Waals surface area contributed by atoms with Crippen LogP contribution in [-0.4, -0.2) is 16.1 Å². The van der Waals surface area contributed by atoms with Crippen molar-refractivity contribution in [2.45, 2.75) is 0 Å². The van der Waals surface area contributed by atoms with Crippen molar-refractivity contribution in [3.05, 3.63) is 93.0 Å². The smallest absolute Gasteiger partial charge is 0.271 e. The highest BCUT2D eigenvalue weighted by Gasteiger charge is 2.35. The number of furan rings is 1. The average molecular weight is 498 g/mol. The zero-order chi connectivity index (χ0) is 22.1. The molecule has 0 aliphatic carbocycles. The number of aliphatic imine (C=N–C) groups is 1. The van der Waals surface area contributed by atoms with Gasteiger partial charge in [0.15, 0.2) is 5.17 Å². The number of carbonyl (C=O) groups is 1. The van der Waals surface area contributed by atoms with Gasteiger partial charge in [0.1, 0.15) is 11.5 Å². The molecule has 5 rings (SSSR count). The van der Waals surface area contributed by atoms with Gasteiger partial charge in [-0.2, -0.15) is 4.99 Å². The molecule has 1 amide bonds. The van der Waals surface area contributed by atoms with Crippen LogP contribution in [0.2, 0.25) is 10.0 Å². The SMILES string of the molecule is O=C1/C(=C\c2ccc(-c3c(Cl)cccc3Cl)o2)S/C(=N/c2nccs2)N1c1ccccc1. The molecule has 3 heterocycles. The van der Waals surface area contributed by atoms with E-state index >= 15 is 0 Å². The summed E-state index contributed by atoms with van der Waals surface area (Å²) in [6, 6.07) is 18.2. The number of hydrogen-bond acceptors (Lipinski definition) is 6. The van der Waals surface area contributed by atoms with Crippen LogP contribution in [0, 0.1) is 0 Å². The molecule has 32 heavy (non-hydrogen) atoms.